The number of nitrogens with zero attached hydrogens (tertiary/aromatic N) is 1. The van der Waals surface area contributed by atoms with Gasteiger partial charge >= 0.3 is 0 Å². The maximum Gasteiger partial charge on any atom is 0.263 e. The van der Waals surface area contributed by atoms with Gasteiger partial charge in [-0.25, -0.2) is 8.78 Å². The summed E-state index contributed by atoms with van der Waals surface area (Å²) < 4.78 is 25.5. The Balaban J connectivity index is 1.56. The molecule has 4 rings (SSSR count). The van der Waals surface area contributed by atoms with Crippen LogP contribution in [0.3, 0.4) is 0 Å². The second-order valence-electron chi connectivity index (χ2n) is 7.13. The third-order valence-electron chi connectivity index (χ3n) is 5.52. The van der Waals surface area contributed by atoms with Crippen LogP contribution in [0.25, 0.3) is 5.57 Å². The normalized spacial score (nSPS) is 23.6. The van der Waals surface area contributed by atoms with Gasteiger partial charge in [0.1, 0.15) is 0 Å². The van der Waals surface area contributed by atoms with Gasteiger partial charge in [-0.05, 0) is 36.0 Å². The Kier molecular flexibility index (Phi) is 4.67. The Bertz CT molecular complexity index is 736. The van der Waals surface area contributed by atoms with Crippen LogP contribution in [0.15, 0.2) is 60.7 Å². The summed E-state index contributed by atoms with van der Waals surface area (Å²) in [5, 5.41) is 0. The summed E-state index contributed by atoms with van der Waals surface area (Å²) in [7, 11) is 0. The Morgan fingerprint density at radius 1 is 0.960 bits per heavy atom. The Morgan fingerprint density at radius 3 is 2.40 bits per heavy atom. The zero-order valence-electron chi connectivity index (χ0n) is 14.2. The third kappa shape index (κ3) is 3.52. The molecule has 0 N–H and O–H groups in total. The van der Waals surface area contributed by atoms with E-state index in [4.69, 9.17) is 0 Å². The van der Waals surface area contributed by atoms with Gasteiger partial charge in [0.15, 0.2) is 0 Å². The third-order valence-corrected chi connectivity index (χ3v) is 5.52. The molecular formula is C22H23F2N. The van der Waals surface area contributed by atoms with Crippen LogP contribution in [-0.2, 0) is 6.54 Å². The molecule has 1 fully saturated rings. The summed E-state index contributed by atoms with van der Waals surface area (Å²) in [6, 6.07) is 18.5. The van der Waals surface area contributed by atoms with E-state index in [0.717, 1.165) is 18.5 Å². The zero-order chi connectivity index (χ0) is 17.2. The Morgan fingerprint density at radius 2 is 1.72 bits per heavy atom. The van der Waals surface area contributed by atoms with Gasteiger partial charge in [0, 0.05) is 24.2 Å². The number of piperidine rings is 1. The summed E-state index contributed by atoms with van der Waals surface area (Å²) in [6.45, 7) is 0.990. The second-order valence-corrected chi connectivity index (χ2v) is 7.13. The minimum atomic E-state index is -2.39. The molecule has 2 aromatic carbocycles. The van der Waals surface area contributed by atoms with Crippen LogP contribution in [0, 0.1) is 0 Å². The average molecular weight is 339 g/mol. The lowest BCUT2D eigenvalue weighted by Crippen LogP contribution is -2.47. The molecule has 0 aromatic heterocycles. The van der Waals surface area contributed by atoms with Gasteiger partial charge in [-0.3, -0.25) is 4.90 Å². The predicted molar refractivity (Wildman–Crippen MR) is 97.4 cm³/mol. The molecule has 2 bridgehead atoms. The molecule has 25 heavy (non-hydrogen) atoms. The summed E-state index contributed by atoms with van der Waals surface area (Å²) in [5.74, 6) is 0. The van der Waals surface area contributed by atoms with E-state index in [-0.39, 0.29) is 5.56 Å². The number of rotatable bonds is 4. The van der Waals surface area contributed by atoms with Crippen molar-refractivity contribution in [2.24, 2.45) is 0 Å². The summed E-state index contributed by atoms with van der Waals surface area (Å²) in [4.78, 5) is 2.62. The average Bonchev–Trinajstić information content (AvgIpc) is 2.62. The highest BCUT2D eigenvalue weighted by molar-refractivity contribution is 5.68. The van der Waals surface area contributed by atoms with Crippen LogP contribution < -0.4 is 0 Å². The molecule has 0 spiro atoms. The number of halogens is 2. The van der Waals surface area contributed by atoms with E-state index < -0.39 is 6.43 Å². The lowest BCUT2D eigenvalue weighted by atomic mass is 9.82. The fourth-order valence-corrected chi connectivity index (χ4v) is 4.21. The van der Waals surface area contributed by atoms with Gasteiger partial charge in [-0.2, -0.15) is 0 Å². The van der Waals surface area contributed by atoms with E-state index >= 15 is 0 Å². The molecule has 2 aliphatic heterocycles. The van der Waals surface area contributed by atoms with Gasteiger partial charge in [0.2, 0.25) is 0 Å². The molecule has 1 nitrogen and oxygen atoms in total. The number of fused-ring (bicyclic) bond motifs is 2. The van der Waals surface area contributed by atoms with Gasteiger partial charge in [0.25, 0.3) is 6.43 Å². The second kappa shape index (κ2) is 7.09. The molecule has 2 unspecified atom stereocenters. The van der Waals surface area contributed by atoms with Crippen molar-refractivity contribution in [3.63, 3.8) is 0 Å². The molecule has 130 valence electrons. The smallest absolute Gasteiger partial charge is 0.263 e. The summed E-state index contributed by atoms with van der Waals surface area (Å²) >= 11 is 0. The first-order chi connectivity index (χ1) is 12.2. The van der Waals surface area contributed by atoms with E-state index in [1.165, 1.54) is 30.4 Å². The van der Waals surface area contributed by atoms with Gasteiger partial charge < -0.3 is 0 Å². The summed E-state index contributed by atoms with van der Waals surface area (Å²) in [6.07, 6.45) is 4.66. The minimum Gasteiger partial charge on any atom is -0.289 e. The molecule has 3 heteroatoms. The monoisotopic (exact) mass is 339 g/mol. The highest BCUT2D eigenvalue weighted by Gasteiger charge is 2.34. The number of hydrogen-bond donors (Lipinski definition) is 0. The number of alkyl halides is 2. The molecule has 2 aromatic rings. The number of benzene rings is 2. The van der Waals surface area contributed by atoms with E-state index in [2.05, 4.69) is 41.3 Å². The Labute approximate surface area is 148 Å². The van der Waals surface area contributed by atoms with Gasteiger partial charge in [-0.1, -0.05) is 67.1 Å². The van der Waals surface area contributed by atoms with Crippen LogP contribution in [0.1, 0.15) is 48.8 Å². The number of hydrogen-bond acceptors (Lipinski definition) is 1. The van der Waals surface area contributed by atoms with E-state index in [1.807, 2.05) is 12.1 Å². The highest BCUT2D eigenvalue weighted by Crippen LogP contribution is 2.38. The van der Waals surface area contributed by atoms with Crippen LogP contribution in [-0.4, -0.2) is 17.0 Å². The quantitative estimate of drug-likeness (QED) is 0.677. The fraction of sp³-hybridized carbons (Fsp3) is 0.364. The largest absolute Gasteiger partial charge is 0.289 e. The van der Waals surface area contributed by atoms with Gasteiger partial charge in [-0.15, -0.1) is 0 Å². The van der Waals surface area contributed by atoms with Crippen molar-refractivity contribution < 1.29 is 8.78 Å². The van der Waals surface area contributed by atoms with Crippen molar-refractivity contribution in [1.82, 2.24) is 4.90 Å². The van der Waals surface area contributed by atoms with Crippen molar-refractivity contribution in [1.29, 1.82) is 0 Å². The molecule has 0 radical (unpaired) electrons. The fourth-order valence-electron chi connectivity index (χ4n) is 4.21. The predicted octanol–water partition coefficient (Wildman–Crippen LogP) is 5.83. The molecule has 1 saturated heterocycles. The van der Waals surface area contributed by atoms with E-state index in [1.54, 1.807) is 12.1 Å². The van der Waals surface area contributed by atoms with Crippen molar-refractivity contribution in [3.8, 4) is 0 Å². The lowest BCUT2D eigenvalue weighted by Gasteiger charge is -2.45. The van der Waals surface area contributed by atoms with E-state index in [9.17, 15) is 8.78 Å². The van der Waals surface area contributed by atoms with Gasteiger partial charge in [0.05, 0.1) is 0 Å². The first kappa shape index (κ1) is 16.5. The van der Waals surface area contributed by atoms with Crippen molar-refractivity contribution in [3.05, 3.63) is 77.4 Å². The molecule has 0 aliphatic carbocycles. The lowest BCUT2D eigenvalue weighted by molar-refractivity contribution is 0.0951. The zero-order valence-corrected chi connectivity index (χ0v) is 14.2. The molecule has 2 atom stereocenters. The van der Waals surface area contributed by atoms with Crippen molar-refractivity contribution in [2.75, 3.05) is 0 Å². The molecule has 2 heterocycles. The first-order valence-corrected chi connectivity index (χ1v) is 9.09. The van der Waals surface area contributed by atoms with E-state index in [0.29, 0.717) is 12.1 Å². The minimum absolute atomic E-state index is 0.103. The maximum absolute atomic E-state index is 12.8. The first-order valence-electron chi connectivity index (χ1n) is 9.09. The highest BCUT2D eigenvalue weighted by atomic mass is 19.3. The SMILES string of the molecule is FC(F)c1ccc(C2=CC3CCCC(C2)N3Cc2ccccc2)cc1. The van der Waals surface area contributed by atoms with Crippen LogP contribution in [0.2, 0.25) is 0 Å². The standard InChI is InChI=1S/C22H23F2N/c23-22(24)18-11-9-17(10-12-18)19-13-20-7-4-8-21(14-19)25(20)15-16-5-2-1-3-6-16/h1-3,5-6,9-13,20-22H,4,7-8,14-15H2. The molecular weight excluding hydrogens is 316 g/mol. The van der Waals surface area contributed by atoms with Crippen molar-refractivity contribution >= 4 is 5.57 Å². The molecule has 0 amide bonds. The van der Waals surface area contributed by atoms with Crippen LogP contribution in [0.5, 0.6) is 0 Å². The summed E-state index contributed by atoms with van der Waals surface area (Å²) in [5.41, 5.74) is 3.88. The van der Waals surface area contributed by atoms with Crippen molar-refractivity contribution in [2.45, 2.75) is 50.7 Å². The van der Waals surface area contributed by atoms with Crippen LogP contribution in [0.4, 0.5) is 8.78 Å². The topological polar surface area (TPSA) is 3.24 Å². The maximum atomic E-state index is 12.8. The molecule has 0 saturated carbocycles. The Hall–Kier alpha value is -2.00. The van der Waals surface area contributed by atoms with Crippen LogP contribution >= 0.6 is 0 Å². The molecule has 2 aliphatic rings.